The normalized spacial score (nSPS) is 17.5. The van der Waals surface area contributed by atoms with Gasteiger partial charge < -0.3 is 5.11 Å². The van der Waals surface area contributed by atoms with Gasteiger partial charge in [0.2, 0.25) is 0 Å². The van der Waals surface area contributed by atoms with Crippen molar-refractivity contribution in [3.05, 3.63) is 57.2 Å². The molecule has 0 spiro atoms. The molecule has 1 aromatic heterocycles. The molecule has 1 aromatic carbocycles. The Hall–Kier alpha value is -1.83. The van der Waals surface area contributed by atoms with Crippen LogP contribution in [0.15, 0.2) is 42.3 Å². The third kappa shape index (κ3) is 4.28. The van der Waals surface area contributed by atoms with Crippen LogP contribution in [0, 0.1) is 5.41 Å². The summed E-state index contributed by atoms with van der Waals surface area (Å²) in [6.07, 6.45) is 1.63. The van der Waals surface area contributed by atoms with Crippen molar-refractivity contribution in [3.8, 4) is 0 Å². The molecular weight excluding hydrogens is 390 g/mol. The van der Waals surface area contributed by atoms with Crippen LogP contribution in [0.1, 0.15) is 37.3 Å². The summed E-state index contributed by atoms with van der Waals surface area (Å²) in [6.45, 7) is 5.48. The van der Waals surface area contributed by atoms with Gasteiger partial charge >= 0.3 is 0 Å². The number of nitrogens with one attached hydrogen (secondary N) is 1. The molecule has 1 unspecified atom stereocenters. The first-order chi connectivity index (χ1) is 12.5. The van der Waals surface area contributed by atoms with E-state index in [2.05, 4.69) is 4.98 Å². The molecule has 138 valence electrons. The maximum Gasteiger partial charge on any atom is 0.264 e. The van der Waals surface area contributed by atoms with Gasteiger partial charge in [-0.1, -0.05) is 67.5 Å². The lowest BCUT2D eigenvalue weighted by Crippen LogP contribution is -2.34. The minimum Gasteiger partial charge on any atom is -0.512 e. The fraction of sp³-hybridized carbons (Fsp3) is 0.278. The Kier molecular flexibility index (Phi) is 7.25. The third-order valence-electron chi connectivity index (χ3n) is 3.59. The van der Waals surface area contributed by atoms with Crippen LogP contribution in [0.25, 0.3) is 5.57 Å². The van der Waals surface area contributed by atoms with Gasteiger partial charge in [-0.05, 0) is 12.5 Å². The molecule has 1 atom stereocenters. The highest BCUT2D eigenvalue weighted by molar-refractivity contribution is 8.14. The number of allylic oxidation sites excluding steroid dienone is 1. The van der Waals surface area contributed by atoms with Crippen molar-refractivity contribution in [1.29, 1.82) is 5.41 Å². The molecule has 2 N–H and O–H groups in total. The number of hydrogen-bond donors (Lipinski definition) is 2. The summed E-state index contributed by atoms with van der Waals surface area (Å²) >= 11 is 8.49. The largest absolute Gasteiger partial charge is 0.512 e. The minimum absolute atomic E-state index is 0.0722. The topological polar surface area (TPSA) is 77.3 Å². The summed E-state index contributed by atoms with van der Waals surface area (Å²) in [5.41, 5.74) is 0.816. The summed E-state index contributed by atoms with van der Waals surface area (Å²) in [6, 6.07) is 8.66. The number of carbonyl (C=O) groups is 1. The van der Waals surface area contributed by atoms with Crippen LogP contribution in [0.2, 0.25) is 4.47 Å². The number of aliphatic hydroxyl groups excluding tert-OH is 1. The second-order valence-corrected chi connectivity index (χ2v) is 7.80. The molecule has 0 aliphatic carbocycles. The number of benzene rings is 1. The zero-order valence-corrected chi connectivity index (χ0v) is 17.1. The Labute approximate surface area is 166 Å². The average molecular weight is 410 g/mol. The van der Waals surface area contributed by atoms with E-state index in [4.69, 9.17) is 17.0 Å². The van der Waals surface area contributed by atoms with E-state index in [1.165, 1.54) is 34.9 Å². The summed E-state index contributed by atoms with van der Waals surface area (Å²) in [5, 5.41) is 18.4. The first-order valence-electron chi connectivity index (χ1n) is 8.10. The highest BCUT2D eigenvalue weighted by atomic mass is 35.5. The SMILES string of the molecule is C/C(O)=C(\C(=O)N1C(=N)SCC1c1cnc(Cl)s1)c1ccccc1.CC. The summed E-state index contributed by atoms with van der Waals surface area (Å²) < 4.78 is 0.401. The number of nitrogens with zero attached hydrogens (tertiary/aromatic N) is 2. The minimum atomic E-state index is -0.397. The Morgan fingerprint density at radius 3 is 2.54 bits per heavy atom. The van der Waals surface area contributed by atoms with E-state index in [-0.39, 0.29) is 22.5 Å². The lowest BCUT2D eigenvalue weighted by atomic mass is 10.0. The molecule has 2 heterocycles. The fourth-order valence-electron chi connectivity index (χ4n) is 2.52. The lowest BCUT2D eigenvalue weighted by Gasteiger charge is -2.24. The number of rotatable bonds is 3. The van der Waals surface area contributed by atoms with Gasteiger partial charge in [0.05, 0.1) is 11.6 Å². The van der Waals surface area contributed by atoms with Crippen LogP contribution in [0.4, 0.5) is 0 Å². The van der Waals surface area contributed by atoms with Gasteiger partial charge in [0.25, 0.3) is 5.91 Å². The highest BCUT2D eigenvalue weighted by Gasteiger charge is 2.38. The van der Waals surface area contributed by atoms with Crippen molar-refractivity contribution in [2.75, 3.05) is 5.75 Å². The van der Waals surface area contributed by atoms with Gasteiger partial charge in [0.15, 0.2) is 9.63 Å². The lowest BCUT2D eigenvalue weighted by molar-refractivity contribution is -0.122. The van der Waals surface area contributed by atoms with E-state index in [1.54, 1.807) is 30.5 Å². The Morgan fingerprint density at radius 2 is 2.00 bits per heavy atom. The number of carbonyl (C=O) groups excluding carboxylic acids is 1. The van der Waals surface area contributed by atoms with Gasteiger partial charge in [0.1, 0.15) is 5.76 Å². The molecule has 0 saturated carbocycles. The predicted octanol–water partition coefficient (Wildman–Crippen LogP) is 5.36. The second-order valence-electron chi connectivity index (χ2n) is 5.15. The maximum atomic E-state index is 13.1. The van der Waals surface area contributed by atoms with Crippen LogP contribution in [-0.2, 0) is 4.79 Å². The van der Waals surface area contributed by atoms with Crippen molar-refractivity contribution in [1.82, 2.24) is 9.88 Å². The quantitative estimate of drug-likeness (QED) is 0.528. The van der Waals surface area contributed by atoms with E-state index in [0.29, 0.717) is 15.8 Å². The predicted molar refractivity (Wildman–Crippen MR) is 110 cm³/mol. The standard InChI is InChI=1S/C16H14ClN3O2S2.C2H6/c1-9(21)13(10-5-3-2-4-6-10)14(22)20-11(8-23-16(20)18)12-7-19-15(17)24-12;1-2/h2-7,11,18,21H,8H2,1H3;1-2H3/b13-9+,18-16?;. The molecule has 1 fully saturated rings. The van der Waals surface area contributed by atoms with Crippen LogP contribution in [0.3, 0.4) is 0 Å². The number of amidine groups is 1. The Balaban J connectivity index is 0.00000117. The number of aliphatic hydroxyl groups is 1. The summed E-state index contributed by atoms with van der Waals surface area (Å²) in [5.74, 6) is 0.0954. The van der Waals surface area contributed by atoms with Crippen molar-refractivity contribution < 1.29 is 9.90 Å². The van der Waals surface area contributed by atoms with E-state index in [0.717, 1.165) is 4.88 Å². The van der Waals surface area contributed by atoms with Crippen LogP contribution in [0.5, 0.6) is 0 Å². The number of aromatic nitrogens is 1. The van der Waals surface area contributed by atoms with Gasteiger partial charge in [0, 0.05) is 16.8 Å². The van der Waals surface area contributed by atoms with E-state index in [9.17, 15) is 9.90 Å². The second kappa shape index (κ2) is 9.21. The van der Waals surface area contributed by atoms with Crippen LogP contribution >= 0.6 is 34.7 Å². The van der Waals surface area contributed by atoms with Gasteiger partial charge in [-0.2, -0.15) is 0 Å². The third-order valence-corrected chi connectivity index (χ3v) is 5.76. The summed E-state index contributed by atoms with van der Waals surface area (Å²) in [4.78, 5) is 19.3. The van der Waals surface area contributed by atoms with Gasteiger partial charge in [-0.25, -0.2) is 4.98 Å². The Morgan fingerprint density at radius 1 is 1.35 bits per heavy atom. The molecule has 1 amide bonds. The number of hydrogen-bond acceptors (Lipinski definition) is 6. The van der Waals surface area contributed by atoms with Gasteiger partial charge in [-0.15, -0.1) is 11.3 Å². The number of thioether (sulfide) groups is 1. The van der Waals surface area contributed by atoms with Crippen molar-refractivity contribution in [2.24, 2.45) is 0 Å². The van der Waals surface area contributed by atoms with Crippen molar-refractivity contribution in [2.45, 2.75) is 26.8 Å². The molecule has 2 aromatic rings. The van der Waals surface area contributed by atoms with Crippen molar-refractivity contribution >= 4 is 51.3 Å². The molecule has 26 heavy (non-hydrogen) atoms. The monoisotopic (exact) mass is 409 g/mol. The first-order valence-corrected chi connectivity index (χ1v) is 10.3. The molecule has 5 nitrogen and oxygen atoms in total. The number of thiazole rings is 1. The van der Waals surface area contributed by atoms with E-state index in [1.807, 2.05) is 19.9 Å². The molecule has 1 aliphatic rings. The summed E-state index contributed by atoms with van der Waals surface area (Å²) in [7, 11) is 0. The zero-order chi connectivity index (χ0) is 19.3. The Bertz CT molecular complexity index is 817. The fourth-order valence-corrected chi connectivity index (χ4v) is 4.66. The molecule has 8 heteroatoms. The first kappa shape index (κ1) is 20.5. The smallest absolute Gasteiger partial charge is 0.264 e. The van der Waals surface area contributed by atoms with Gasteiger partial charge in [-0.3, -0.25) is 15.1 Å². The molecule has 3 rings (SSSR count). The molecule has 1 aliphatic heterocycles. The highest BCUT2D eigenvalue weighted by Crippen LogP contribution is 2.39. The zero-order valence-electron chi connectivity index (χ0n) is 14.7. The van der Waals surface area contributed by atoms with Crippen molar-refractivity contribution in [3.63, 3.8) is 0 Å². The van der Waals surface area contributed by atoms with E-state index >= 15 is 0 Å². The molecule has 1 saturated heterocycles. The average Bonchev–Trinajstić information content (AvgIpc) is 3.23. The van der Waals surface area contributed by atoms with E-state index < -0.39 is 5.91 Å². The molecule has 0 radical (unpaired) electrons. The number of halogens is 1. The van der Waals surface area contributed by atoms with Crippen LogP contribution in [-0.4, -0.2) is 31.8 Å². The van der Waals surface area contributed by atoms with Crippen LogP contribution < -0.4 is 0 Å². The number of amides is 1. The molecular formula is C18H20ClN3O2S2. The molecule has 0 bridgehead atoms. The maximum absolute atomic E-state index is 13.1.